The molecule has 242 valence electrons. The first-order valence-corrected chi connectivity index (χ1v) is 17.9. The second kappa shape index (κ2) is 10.3. The summed E-state index contributed by atoms with van der Waals surface area (Å²) in [5.74, 6) is 1.39. The van der Waals surface area contributed by atoms with E-state index in [-0.39, 0.29) is 0 Å². The smallest absolute Gasteiger partial charge is 0.237 e. The first-order chi connectivity index (χ1) is 25.8. The zero-order valence-corrected chi connectivity index (χ0v) is 28.2. The average molecular weight is 685 g/mol. The third kappa shape index (κ3) is 3.84. The Bertz CT molecular complexity index is 3210. The molecule has 0 aliphatic rings. The lowest BCUT2D eigenvalue weighted by Gasteiger charge is -2.09. The highest BCUT2D eigenvalue weighted by Gasteiger charge is 2.23. The molecule has 6 heterocycles. The topological polar surface area (TPSA) is 74.6 Å². The van der Waals surface area contributed by atoms with Crippen LogP contribution in [-0.4, -0.2) is 29.1 Å². The molecule has 0 fully saturated rings. The summed E-state index contributed by atoms with van der Waals surface area (Å²) in [5, 5.41) is 7.86. The molecule has 6 aromatic carbocycles. The Kier molecular flexibility index (Phi) is 5.53. The van der Waals surface area contributed by atoms with Gasteiger partial charge in [-0.25, -0.2) is 19.5 Å². The SMILES string of the molecule is c1ccc2nc(-n3c4ccc(-c5ccc6c(c5)c5c7ccccc7sc5n6-c5cnc6ccccc6n5)cc4c4c5ccccc5oc43)ncc2c1. The van der Waals surface area contributed by atoms with Crippen LogP contribution < -0.4 is 0 Å². The van der Waals surface area contributed by atoms with Crippen LogP contribution in [0.5, 0.6) is 0 Å². The summed E-state index contributed by atoms with van der Waals surface area (Å²) in [6.45, 7) is 0. The maximum absolute atomic E-state index is 6.56. The largest absolute Gasteiger partial charge is 0.439 e. The van der Waals surface area contributed by atoms with Crippen molar-refractivity contribution < 1.29 is 4.42 Å². The zero-order valence-electron chi connectivity index (χ0n) is 27.4. The van der Waals surface area contributed by atoms with Gasteiger partial charge in [0.25, 0.3) is 0 Å². The van der Waals surface area contributed by atoms with Crippen LogP contribution >= 0.6 is 11.3 Å². The van der Waals surface area contributed by atoms with E-state index < -0.39 is 0 Å². The van der Waals surface area contributed by atoms with Gasteiger partial charge in [-0.2, -0.15) is 0 Å². The van der Waals surface area contributed by atoms with Gasteiger partial charge in [0.1, 0.15) is 10.4 Å². The van der Waals surface area contributed by atoms with Crippen molar-refractivity contribution in [2.45, 2.75) is 0 Å². The lowest BCUT2D eigenvalue weighted by Crippen LogP contribution is -2.00. The van der Waals surface area contributed by atoms with E-state index in [1.807, 2.05) is 73.1 Å². The summed E-state index contributed by atoms with van der Waals surface area (Å²) in [5.41, 5.74) is 8.55. The van der Waals surface area contributed by atoms with E-state index in [0.717, 1.165) is 82.2 Å². The van der Waals surface area contributed by atoms with Gasteiger partial charge in [-0.05, 0) is 65.7 Å². The van der Waals surface area contributed by atoms with Gasteiger partial charge >= 0.3 is 0 Å². The fraction of sp³-hybridized carbons (Fsp3) is 0. The van der Waals surface area contributed by atoms with Crippen LogP contribution in [0.1, 0.15) is 0 Å². The molecule has 0 atom stereocenters. The summed E-state index contributed by atoms with van der Waals surface area (Å²) in [6.07, 6.45) is 3.77. The Hall–Kier alpha value is -6.90. The number of benzene rings is 6. The number of para-hydroxylation sites is 4. The average Bonchev–Trinajstić information content (AvgIpc) is 3.93. The summed E-state index contributed by atoms with van der Waals surface area (Å²) in [4.78, 5) is 20.8. The van der Waals surface area contributed by atoms with Crippen molar-refractivity contribution in [3.63, 3.8) is 0 Å². The molecule has 7 nitrogen and oxygen atoms in total. The van der Waals surface area contributed by atoms with Gasteiger partial charge in [0.15, 0.2) is 5.82 Å². The van der Waals surface area contributed by atoms with E-state index in [2.05, 4.69) is 81.9 Å². The Morgan fingerprint density at radius 3 is 2.08 bits per heavy atom. The van der Waals surface area contributed by atoms with E-state index in [1.165, 1.54) is 20.9 Å². The van der Waals surface area contributed by atoms with Crippen LogP contribution in [0.2, 0.25) is 0 Å². The molecule has 0 saturated carbocycles. The predicted octanol–water partition coefficient (Wildman–Crippen LogP) is 11.4. The van der Waals surface area contributed by atoms with Crippen molar-refractivity contribution in [2.24, 2.45) is 0 Å². The Morgan fingerprint density at radius 1 is 0.519 bits per heavy atom. The maximum atomic E-state index is 6.56. The second-order valence-electron chi connectivity index (χ2n) is 13.1. The maximum Gasteiger partial charge on any atom is 0.237 e. The molecule has 8 heteroatoms. The van der Waals surface area contributed by atoms with Crippen molar-refractivity contribution >= 4 is 97.5 Å². The number of hydrogen-bond donors (Lipinski definition) is 0. The quantitative estimate of drug-likeness (QED) is 0.185. The Labute approximate surface area is 298 Å². The molecule has 0 aliphatic carbocycles. The van der Waals surface area contributed by atoms with Crippen LogP contribution in [-0.2, 0) is 0 Å². The highest BCUT2D eigenvalue weighted by atomic mass is 32.1. The molecule has 0 amide bonds. The van der Waals surface area contributed by atoms with Crippen LogP contribution in [0.25, 0.3) is 109 Å². The van der Waals surface area contributed by atoms with Gasteiger partial charge in [0.2, 0.25) is 11.7 Å². The highest BCUT2D eigenvalue weighted by Crippen LogP contribution is 2.44. The third-order valence-electron chi connectivity index (χ3n) is 10.2. The summed E-state index contributed by atoms with van der Waals surface area (Å²) in [7, 11) is 0. The summed E-state index contributed by atoms with van der Waals surface area (Å²) >= 11 is 1.79. The normalized spacial score (nSPS) is 12.2. The number of fused-ring (bicyclic) bond motifs is 12. The molecule has 0 aliphatic heterocycles. The molecule has 0 bridgehead atoms. The molecule has 52 heavy (non-hydrogen) atoms. The molecule has 12 rings (SSSR count). The lowest BCUT2D eigenvalue weighted by atomic mass is 10.00. The molecule has 0 N–H and O–H groups in total. The van der Waals surface area contributed by atoms with E-state index in [4.69, 9.17) is 24.4 Å². The van der Waals surface area contributed by atoms with Crippen LogP contribution in [0.4, 0.5) is 0 Å². The number of nitrogens with zero attached hydrogens (tertiary/aromatic N) is 6. The van der Waals surface area contributed by atoms with E-state index in [0.29, 0.717) is 5.95 Å². The summed E-state index contributed by atoms with van der Waals surface area (Å²) in [6, 6.07) is 46.4. The summed E-state index contributed by atoms with van der Waals surface area (Å²) < 4.78 is 12.1. The first kappa shape index (κ1) is 27.9. The van der Waals surface area contributed by atoms with Crippen LogP contribution in [0.3, 0.4) is 0 Å². The lowest BCUT2D eigenvalue weighted by molar-refractivity contribution is 0.642. The third-order valence-corrected chi connectivity index (χ3v) is 11.4. The van der Waals surface area contributed by atoms with E-state index >= 15 is 0 Å². The first-order valence-electron chi connectivity index (χ1n) is 17.1. The highest BCUT2D eigenvalue weighted by molar-refractivity contribution is 7.25. The Balaban J connectivity index is 1.11. The fourth-order valence-corrected chi connectivity index (χ4v) is 9.13. The Morgan fingerprint density at radius 2 is 1.21 bits per heavy atom. The minimum absolute atomic E-state index is 0.580. The molecule has 12 aromatic rings. The minimum Gasteiger partial charge on any atom is -0.439 e. The molecular weight excluding hydrogens is 661 g/mol. The molecular formula is C44H24N6OS. The molecule has 6 aromatic heterocycles. The van der Waals surface area contributed by atoms with E-state index in [1.54, 1.807) is 11.3 Å². The van der Waals surface area contributed by atoms with Gasteiger partial charge in [-0.1, -0.05) is 78.9 Å². The van der Waals surface area contributed by atoms with Gasteiger partial charge < -0.3 is 4.42 Å². The number of furan rings is 1. The van der Waals surface area contributed by atoms with Gasteiger partial charge in [-0.3, -0.25) is 9.55 Å². The van der Waals surface area contributed by atoms with Crippen molar-refractivity contribution in [3.05, 3.63) is 146 Å². The molecule has 0 spiro atoms. The molecule has 0 radical (unpaired) electrons. The molecule has 0 saturated heterocycles. The van der Waals surface area contributed by atoms with Crippen molar-refractivity contribution in [1.29, 1.82) is 0 Å². The predicted molar refractivity (Wildman–Crippen MR) is 212 cm³/mol. The second-order valence-corrected chi connectivity index (χ2v) is 14.2. The van der Waals surface area contributed by atoms with Gasteiger partial charge in [0.05, 0.1) is 39.2 Å². The van der Waals surface area contributed by atoms with Gasteiger partial charge in [0, 0.05) is 43.2 Å². The number of hydrogen-bond acceptors (Lipinski definition) is 6. The van der Waals surface area contributed by atoms with Crippen LogP contribution in [0.15, 0.2) is 150 Å². The van der Waals surface area contributed by atoms with E-state index in [9.17, 15) is 0 Å². The minimum atomic E-state index is 0.580. The van der Waals surface area contributed by atoms with Crippen molar-refractivity contribution in [1.82, 2.24) is 29.1 Å². The monoisotopic (exact) mass is 684 g/mol. The standard InChI is InChI=1S/C44H24N6OS/c1-4-12-32-27(9-1)23-46-44(48-32)50-36-20-18-25(21-30(36)40-28-10-2-7-15-37(28)51-42(40)50)26-17-19-35-31(22-26)41-29-11-3-8-16-38(29)52-43(41)49(35)39-24-45-33-13-5-6-14-34(33)47-39/h1-24H. The number of rotatable bonds is 3. The molecule has 0 unspecified atom stereocenters. The van der Waals surface area contributed by atoms with Crippen molar-refractivity contribution in [2.75, 3.05) is 0 Å². The van der Waals surface area contributed by atoms with Crippen LogP contribution in [0, 0.1) is 0 Å². The van der Waals surface area contributed by atoms with Crippen molar-refractivity contribution in [3.8, 4) is 22.9 Å². The number of aromatic nitrogens is 6. The number of thiophene rings is 1. The fourth-order valence-electron chi connectivity index (χ4n) is 7.89. The van der Waals surface area contributed by atoms with Gasteiger partial charge in [-0.15, -0.1) is 11.3 Å². The zero-order chi connectivity index (χ0) is 33.9.